The Balaban J connectivity index is 1.38. The van der Waals surface area contributed by atoms with Crippen LogP contribution in [0.3, 0.4) is 0 Å². The van der Waals surface area contributed by atoms with E-state index in [1.165, 1.54) is 0 Å². The molecular formula is C45H29N3. The van der Waals surface area contributed by atoms with Crippen LogP contribution in [-0.2, 0) is 0 Å². The monoisotopic (exact) mass is 622 g/mol. The molecule has 8 aromatic carbocycles. The summed E-state index contributed by atoms with van der Waals surface area (Å²) in [7, 11) is 0. The molecule has 1 heterocycles. The fraction of sp³-hybridized carbons (Fsp3) is 0. The number of aromatic nitrogens is 3. The van der Waals surface area contributed by atoms with Gasteiger partial charge in [0.15, 0.2) is 17.5 Å². The van der Waals surface area contributed by atoms with Gasteiger partial charge in [-0.3, -0.25) is 0 Å². The van der Waals surface area contributed by atoms with Crippen LogP contribution in [0.1, 0.15) is 15.1 Å². The first-order valence-electron chi connectivity index (χ1n) is 20.8. The minimum atomic E-state index is -0.631. The van der Waals surface area contributed by atoms with Gasteiger partial charge in [0, 0.05) is 16.7 Å². The van der Waals surface area contributed by atoms with Gasteiger partial charge < -0.3 is 0 Å². The molecule has 9 rings (SSSR count). The molecule has 224 valence electrons. The van der Waals surface area contributed by atoms with E-state index in [1.807, 2.05) is 109 Å². The molecule has 0 saturated heterocycles. The van der Waals surface area contributed by atoms with E-state index in [4.69, 9.17) is 25.9 Å². The van der Waals surface area contributed by atoms with Crippen molar-refractivity contribution >= 4 is 32.3 Å². The molecule has 0 unspecified atom stereocenters. The van der Waals surface area contributed by atoms with E-state index in [-0.39, 0.29) is 55.4 Å². The van der Waals surface area contributed by atoms with Crippen molar-refractivity contribution in [2.24, 2.45) is 0 Å². The highest BCUT2D eigenvalue weighted by atomic mass is 15.0. The molecule has 0 N–H and O–H groups in total. The molecule has 48 heavy (non-hydrogen) atoms. The van der Waals surface area contributed by atoms with Gasteiger partial charge in [-0.2, -0.15) is 0 Å². The molecule has 0 fully saturated rings. The second-order valence-corrected chi connectivity index (χ2v) is 11.2. The third-order valence-electron chi connectivity index (χ3n) is 8.27. The molecular weight excluding hydrogens is 583 g/mol. The minimum Gasteiger partial charge on any atom is -0.208 e. The quantitative estimate of drug-likeness (QED) is 0.179. The van der Waals surface area contributed by atoms with E-state index < -0.39 is 66.5 Å². The summed E-state index contributed by atoms with van der Waals surface area (Å²) in [5, 5.41) is -1.31. The Kier molecular flexibility index (Phi) is 4.55. The van der Waals surface area contributed by atoms with Crippen LogP contribution in [0.5, 0.6) is 0 Å². The van der Waals surface area contributed by atoms with Gasteiger partial charge in [0.05, 0.1) is 15.1 Å². The van der Waals surface area contributed by atoms with E-state index in [9.17, 15) is 4.11 Å². The Morgan fingerprint density at radius 3 is 1.33 bits per heavy atom. The Bertz CT molecular complexity index is 3170. The first kappa shape index (κ1) is 18.6. The molecule has 0 aliphatic heterocycles. The van der Waals surface area contributed by atoms with Crippen molar-refractivity contribution in [3.63, 3.8) is 0 Å². The van der Waals surface area contributed by atoms with Crippen LogP contribution < -0.4 is 0 Å². The van der Waals surface area contributed by atoms with Crippen LogP contribution in [0.4, 0.5) is 0 Å². The first-order valence-corrected chi connectivity index (χ1v) is 15.3. The average molecular weight is 623 g/mol. The maximum Gasteiger partial charge on any atom is 0.164 e. The van der Waals surface area contributed by atoms with Gasteiger partial charge in [0.1, 0.15) is 0 Å². The summed E-state index contributed by atoms with van der Waals surface area (Å²) in [4.78, 5) is 14.5. The van der Waals surface area contributed by atoms with Crippen molar-refractivity contribution in [3.05, 3.63) is 176 Å². The van der Waals surface area contributed by atoms with Gasteiger partial charge in [0.25, 0.3) is 0 Å². The molecule has 0 spiro atoms. The van der Waals surface area contributed by atoms with Crippen molar-refractivity contribution in [3.8, 4) is 56.4 Å². The van der Waals surface area contributed by atoms with E-state index in [2.05, 4.69) is 0 Å². The summed E-state index contributed by atoms with van der Waals surface area (Å²) in [6, 6.07) is 28.4. The molecule has 1 aromatic heterocycles. The zero-order valence-corrected chi connectivity index (χ0v) is 25.2. The van der Waals surface area contributed by atoms with Crippen molar-refractivity contribution < 1.29 is 15.1 Å². The number of nitrogens with zero attached hydrogens (tertiary/aromatic N) is 3. The molecule has 3 nitrogen and oxygen atoms in total. The Morgan fingerprint density at radius 2 is 0.729 bits per heavy atom. The van der Waals surface area contributed by atoms with E-state index >= 15 is 0 Å². The Morgan fingerprint density at radius 1 is 0.312 bits per heavy atom. The third-order valence-corrected chi connectivity index (χ3v) is 8.27. The number of benzene rings is 8. The lowest BCUT2D eigenvalue weighted by Crippen LogP contribution is -2.00. The zero-order chi connectivity index (χ0) is 41.4. The van der Waals surface area contributed by atoms with Crippen LogP contribution >= 0.6 is 0 Å². The normalized spacial score (nSPS) is 14.5. The lowest BCUT2D eigenvalue weighted by molar-refractivity contribution is 1.07. The van der Waals surface area contributed by atoms with Crippen LogP contribution in [0.15, 0.2) is 176 Å². The van der Waals surface area contributed by atoms with Gasteiger partial charge in [-0.1, -0.05) is 164 Å². The maximum absolute atomic E-state index is 9.75. The molecule has 3 heteroatoms. The largest absolute Gasteiger partial charge is 0.208 e. The van der Waals surface area contributed by atoms with Gasteiger partial charge in [0.2, 0.25) is 0 Å². The average Bonchev–Trinajstić information content (AvgIpc) is 3.27. The van der Waals surface area contributed by atoms with Crippen molar-refractivity contribution in [1.29, 1.82) is 0 Å². The first-order chi connectivity index (χ1) is 28.4. The van der Waals surface area contributed by atoms with E-state index in [0.29, 0.717) is 11.1 Å². The number of fused-ring (bicyclic) bond motifs is 6. The molecule has 0 radical (unpaired) electrons. The SMILES string of the molecule is [2H]c1c([2H])c([2H])c2c(c1[2H])c1c([2H])c([2H])c([2H])c([2H])c1c1c([2H])c(-c3nc(-c4ccc(-c5ccccc5)cc4)nc(-c4cccc(-c5ccccc5)c4)n3)c([2H])c([2H])c21. The fourth-order valence-corrected chi connectivity index (χ4v) is 5.92. The number of hydrogen-bond donors (Lipinski definition) is 0. The molecule has 0 aliphatic carbocycles. The van der Waals surface area contributed by atoms with Crippen LogP contribution in [0, 0.1) is 0 Å². The summed E-state index contributed by atoms with van der Waals surface area (Å²) in [5.41, 5.74) is 4.78. The summed E-state index contributed by atoms with van der Waals surface area (Å²) in [6.07, 6.45) is 0. The summed E-state index contributed by atoms with van der Waals surface area (Å²) in [6.45, 7) is 0. The van der Waals surface area contributed by atoms with Gasteiger partial charge in [-0.15, -0.1) is 0 Å². The highest BCUT2D eigenvalue weighted by molar-refractivity contribution is 6.25. The van der Waals surface area contributed by atoms with Crippen molar-refractivity contribution in [2.75, 3.05) is 0 Å². The summed E-state index contributed by atoms with van der Waals surface area (Å²) < 4.78 is 98.3. The molecule has 0 saturated carbocycles. The standard InChI is InChI=1S/C45H29N3/c1-3-12-30(13-4-1)32-22-24-33(25-23-32)43-46-44(35-17-11-16-34(28-35)31-14-5-2-6-15-31)48-45(47-43)36-26-27-41-39-20-8-7-18-37(39)38-19-9-10-21-40(38)42(41)29-36/h1-29H/i7D,8D,9D,10D,18D,19D,20D,21D,26D,27D,29D. The lowest BCUT2D eigenvalue weighted by atomic mass is 9.93. The Labute approximate surface area is 294 Å². The van der Waals surface area contributed by atoms with E-state index in [0.717, 1.165) is 22.3 Å². The smallest absolute Gasteiger partial charge is 0.164 e. The highest BCUT2D eigenvalue weighted by Gasteiger charge is 2.15. The Hall–Kier alpha value is -6.45. The van der Waals surface area contributed by atoms with Crippen LogP contribution in [0.25, 0.3) is 88.7 Å². The summed E-state index contributed by atoms with van der Waals surface area (Å²) in [5.74, 6) is 0.274. The third kappa shape index (κ3) is 4.99. The maximum atomic E-state index is 9.75. The van der Waals surface area contributed by atoms with Gasteiger partial charge in [-0.05, 0) is 66.7 Å². The molecule has 0 aliphatic rings. The molecule has 0 bridgehead atoms. The van der Waals surface area contributed by atoms with E-state index in [1.54, 1.807) is 0 Å². The topological polar surface area (TPSA) is 38.7 Å². The molecule has 9 aromatic rings. The van der Waals surface area contributed by atoms with Crippen LogP contribution in [-0.4, -0.2) is 15.0 Å². The number of rotatable bonds is 5. The fourth-order valence-electron chi connectivity index (χ4n) is 5.92. The number of hydrogen-bond acceptors (Lipinski definition) is 3. The summed E-state index contributed by atoms with van der Waals surface area (Å²) >= 11 is 0. The van der Waals surface area contributed by atoms with Crippen LogP contribution in [0.2, 0.25) is 0 Å². The lowest BCUT2D eigenvalue weighted by Gasteiger charge is -2.13. The predicted molar refractivity (Wildman–Crippen MR) is 200 cm³/mol. The molecule has 0 amide bonds. The van der Waals surface area contributed by atoms with Crippen molar-refractivity contribution in [1.82, 2.24) is 15.0 Å². The van der Waals surface area contributed by atoms with Gasteiger partial charge >= 0.3 is 0 Å². The zero-order valence-electron chi connectivity index (χ0n) is 36.2. The predicted octanol–water partition coefficient (Wildman–Crippen LogP) is 11.7. The van der Waals surface area contributed by atoms with Crippen molar-refractivity contribution in [2.45, 2.75) is 0 Å². The molecule has 0 atom stereocenters. The second-order valence-electron chi connectivity index (χ2n) is 11.2. The minimum absolute atomic E-state index is 0.142. The second kappa shape index (κ2) is 11.7. The highest BCUT2D eigenvalue weighted by Crippen LogP contribution is 2.37. The van der Waals surface area contributed by atoms with Gasteiger partial charge in [-0.25, -0.2) is 15.0 Å².